The summed E-state index contributed by atoms with van der Waals surface area (Å²) in [7, 11) is 4.89. The first kappa shape index (κ1) is 37.4. The summed E-state index contributed by atoms with van der Waals surface area (Å²) >= 11 is 0. The summed E-state index contributed by atoms with van der Waals surface area (Å²) in [6.45, 7) is -0.344. The minimum Gasteiger partial charge on any atom is -0.377 e. The van der Waals surface area contributed by atoms with E-state index in [4.69, 9.17) is 44.6 Å². The third-order valence-electron chi connectivity index (χ3n) is 7.44. The SMILES string of the molecule is CO[Si](CCC[Si](CCCOCF)(CCC[Si](OC)(OC)OC)CCC[Si](OC)(OC)OC)(OC)OC. The van der Waals surface area contributed by atoms with Crippen molar-refractivity contribution in [2.75, 3.05) is 77.5 Å². The first-order chi connectivity index (χ1) is 17.7. The van der Waals surface area contributed by atoms with Crippen LogP contribution in [-0.4, -0.2) is 112 Å². The van der Waals surface area contributed by atoms with E-state index < -0.39 is 41.3 Å². The quantitative estimate of drug-likeness (QED) is 0.103. The fourth-order valence-electron chi connectivity index (χ4n) is 5.06. The molecule has 0 amide bonds. The van der Waals surface area contributed by atoms with Crippen LogP contribution in [0.15, 0.2) is 0 Å². The summed E-state index contributed by atoms with van der Waals surface area (Å²) in [5.74, 6) is 0. The van der Waals surface area contributed by atoms with Crippen LogP contribution in [0, 0.1) is 0 Å². The molecule has 0 aliphatic carbocycles. The van der Waals surface area contributed by atoms with Crippen molar-refractivity contribution in [3.8, 4) is 0 Å². The number of alkyl halides is 1. The maximum Gasteiger partial charge on any atom is 0.500 e. The minimum absolute atomic E-state index is 0.415. The Balaban J connectivity index is 5.79. The zero-order chi connectivity index (χ0) is 28.3. The van der Waals surface area contributed by atoms with Gasteiger partial charge in [0.1, 0.15) is 0 Å². The van der Waals surface area contributed by atoms with Gasteiger partial charge in [0.05, 0.1) is 8.07 Å². The average molecular weight is 609 g/mol. The molecule has 0 aromatic carbocycles. The molecule has 0 saturated heterocycles. The standard InChI is InChI=1S/C22H53FO10Si4/c1-24-35(25-2,26-3)19-11-16-34(15-10-14-33-22-23,17-12-20-36(27-4,28-5)29-6)18-13-21-37(30-7,31-8)32-9/h10-22H2,1-9H3. The summed E-state index contributed by atoms with van der Waals surface area (Å²) in [4.78, 5) is 0. The Morgan fingerprint density at radius 2 is 0.676 bits per heavy atom. The fourth-order valence-corrected chi connectivity index (χ4v) is 16.5. The van der Waals surface area contributed by atoms with Gasteiger partial charge in [-0.3, -0.25) is 0 Å². The van der Waals surface area contributed by atoms with Gasteiger partial charge in [0.2, 0.25) is 0 Å². The third-order valence-corrected chi connectivity index (χ3v) is 21.6. The van der Waals surface area contributed by atoms with Gasteiger partial charge in [0, 0.05) is 88.7 Å². The molecule has 10 nitrogen and oxygen atoms in total. The van der Waals surface area contributed by atoms with E-state index in [9.17, 15) is 4.39 Å². The van der Waals surface area contributed by atoms with E-state index in [2.05, 4.69) is 0 Å². The van der Waals surface area contributed by atoms with Gasteiger partial charge in [0.25, 0.3) is 0 Å². The minimum atomic E-state index is -2.68. The molecule has 0 N–H and O–H groups in total. The highest BCUT2D eigenvalue weighted by molar-refractivity contribution is 6.80. The molecule has 224 valence electrons. The summed E-state index contributed by atoms with van der Waals surface area (Å²) < 4.78 is 68.7. The van der Waals surface area contributed by atoms with Crippen LogP contribution in [-0.2, 0) is 44.6 Å². The maximum absolute atomic E-state index is 12.6. The van der Waals surface area contributed by atoms with Crippen molar-refractivity contribution in [2.45, 2.75) is 68.0 Å². The van der Waals surface area contributed by atoms with Crippen LogP contribution < -0.4 is 0 Å². The molecule has 0 rings (SSSR count). The van der Waals surface area contributed by atoms with Crippen molar-refractivity contribution in [1.82, 2.24) is 0 Å². The second kappa shape index (κ2) is 20.3. The topological polar surface area (TPSA) is 92.3 Å². The molecule has 0 saturated carbocycles. The molecule has 0 bridgehead atoms. The first-order valence-electron chi connectivity index (χ1n) is 12.8. The van der Waals surface area contributed by atoms with Crippen LogP contribution in [0.1, 0.15) is 25.7 Å². The van der Waals surface area contributed by atoms with Gasteiger partial charge in [0.15, 0.2) is 6.86 Å². The van der Waals surface area contributed by atoms with Crippen LogP contribution in [0.5, 0.6) is 0 Å². The van der Waals surface area contributed by atoms with Crippen LogP contribution in [0.3, 0.4) is 0 Å². The summed E-state index contributed by atoms with van der Waals surface area (Å²) in [6, 6.07) is 6.45. The van der Waals surface area contributed by atoms with Crippen LogP contribution in [0.25, 0.3) is 0 Å². The van der Waals surface area contributed by atoms with Crippen molar-refractivity contribution in [2.24, 2.45) is 0 Å². The summed E-state index contributed by atoms with van der Waals surface area (Å²) in [5.41, 5.74) is 0. The number of ether oxygens (including phenoxy) is 1. The second-order valence-corrected chi connectivity index (χ2v) is 23.3. The number of hydrogen-bond donors (Lipinski definition) is 0. The van der Waals surface area contributed by atoms with E-state index >= 15 is 0 Å². The largest absolute Gasteiger partial charge is 0.500 e. The van der Waals surface area contributed by atoms with Crippen LogP contribution in [0.2, 0.25) is 42.3 Å². The molecule has 0 aliphatic heterocycles. The van der Waals surface area contributed by atoms with E-state index in [0.29, 0.717) is 6.61 Å². The van der Waals surface area contributed by atoms with Gasteiger partial charge in [-0.05, 0) is 6.42 Å². The van der Waals surface area contributed by atoms with Gasteiger partial charge in [-0.2, -0.15) is 0 Å². The molecular formula is C22H53FO10Si4. The van der Waals surface area contributed by atoms with E-state index in [-0.39, 0.29) is 0 Å². The zero-order valence-electron chi connectivity index (χ0n) is 24.7. The zero-order valence-corrected chi connectivity index (χ0v) is 28.7. The molecule has 0 spiro atoms. The Kier molecular flexibility index (Phi) is 20.5. The number of rotatable bonds is 26. The fraction of sp³-hybridized carbons (Fsp3) is 1.00. The normalized spacial score (nSPS) is 13.5. The maximum atomic E-state index is 12.6. The van der Waals surface area contributed by atoms with Crippen molar-refractivity contribution >= 4 is 34.5 Å². The Morgan fingerprint density at radius 1 is 0.405 bits per heavy atom. The number of halogens is 1. The van der Waals surface area contributed by atoms with Crippen LogP contribution >= 0.6 is 0 Å². The van der Waals surface area contributed by atoms with E-state index in [1.807, 2.05) is 0 Å². The molecule has 0 aromatic rings. The predicted molar refractivity (Wildman–Crippen MR) is 150 cm³/mol. The lowest BCUT2D eigenvalue weighted by atomic mass is 10.5. The van der Waals surface area contributed by atoms with Gasteiger partial charge < -0.3 is 44.6 Å². The lowest BCUT2D eigenvalue weighted by molar-refractivity contribution is 0.0582. The van der Waals surface area contributed by atoms with Gasteiger partial charge in [-0.25, -0.2) is 4.39 Å². The smallest absolute Gasteiger partial charge is 0.377 e. The van der Waals surface area contributed by atoms with Crippen molar-refractivity contribution < 1.29 is 49.0 Å². The Morgan fingerprint density at radius 3 is 0.919 bits per heavy atom. The molecule has 0 heterocycles. The molecule has 0 fully saturated rings. The van der Waals surface area contributed by atoms with Gasteiger partial charge in [-0.1, -0.05) is 43.4 Å². The predicted octanol–water partition coefficient (Wildman–Crippen LogP) is 4.57. The van der Waals surface area contributed by atoms with E-state index in [1.165, 1.54) is 0 Å². The van der Waals surface area contributed by atoms with Crippen molar-refractivity contribution in [3.63, 3.8) is 0 Å². The Labute approximate surface area is 228 Å². The molecule has 37 heavy (non-hydrogen) atoms. The summed E-state index contributed by atoms with van der Waals surface area (Å²) in [5, 5.41) is 0. The van der Waals surface area contributed by atoms with Crippen LogP contribution in [0.4, 0.5) is 4.39 Å². The average Bonchev–Trinajstić information content (AvgIpc) is 2.95. The Hall–Kier alpha value is 0.398. The highest BCUT2D eigenvalue weighted by atomic mass is 28.4. The molecule has 15 heteroatoms. The molecule has 0 aliphatic rings. The highest BCUT2D eigenvalue weighted by Gasteiger charge is 2.43. The van der Waals surface area contributed by atoms with Crippen molar-refractivity contribution in [3.05, 3.63) is 0 Å². The molecule has 0 unspecified atom stereocenters. The molecular weight excluding hydrogens is 556 g/mol. The lowest BCUT2D eigenvalue weighted by Gasteiger charge is -2.35. The number of hydrogen-bond acceptors (Lipinski definition) is 10. The van der Waals surface area contributed by atoms with Gasteiger partial charge in [-0.15, -0.1) is 0 Å². The third kappa shape index (κ3) is 12.6. The van der Waals surface area contributed by atoms with E-state index in [0.717, 1.165) is 68.0 Å². The summed E-state index contributed by atoms with van der Waals surface area (Å²) in [6.07, 6.45) is 3.61. The van der Waals surface area contributed by atoms with Gasteiger partial charge >= 0.3 is 26.4 Å². The lowest BCUT2D eigenvalue weighted by Crippen LogP contribution is -2.45. The second-order valence-electron chi connectivity index (χ2n) is 9.07. The molecule has 0 aromatic heterocycles. The molecule has 0 radical (unpaired) electrons. The molecule has 0 atom stereocenters. The van der Waals surface area contributed by atoms with Crippen molar-refractivity contribution in [1.29, 1.82) is 0 Å². The first-order valence-corrected chi connectivity index (χ1v) is 21.5. The monoisotopic (exact) mass is 608 g/mol. The highest BCUT2D eigenvalue weighted by Crippen LogP contribution is 2.36. The van der Waals surface area contributed by atoms with E-state index in [1.54, 1.807) is 64.0 Å². The Bertz CT molecular complexity index is 466.